The Kier molecular flexibility index (Phi) is 5.57. The van der Waals surface area contributed by atoms with Crippen molar-refractivity contribution < 1.29 is 22.7 Å². The van der Waals surface area contributed by atoms with Crippen molar-refractivity contribution in [3.63, 3.8) is 0 Å². The number of halogens is 3. The van der Waals surface area contributed by atoms with Crippen LogP contribution in [0.3, 0.4) is 0 Å². The van der Waals surface area contributed by atoms with Gasteiger partial charge in [0.15, 0.2) is 5.92 Å². The molecule has 8 heteroatoms. The van der Waals surface area contributed by atoms with E-state index in [9.17, 15) is 18.0 Å². The average molecular weight is 279 g/mol. The van der Waals surface area contributed by atoms with Gasteiger partial charge in [0, 0.05) is 26.2 Å². The van der Waals surface area contributed by atoms with Gasteiger partial charge < -0.3 is 10.1 Å². The van der Waals surface area contributed by atoms with Crippen molar-refractivity contribution in [3.05, 3.63) is 0 Å². The number of ether oxygens (including phenoxy) is 1. The van der Waals surface area contributed by atoms with E-state index in [1.165, 1.54) is 11.0 Å². The fourth-order valence-electron chi connectivity index (χ4n) is 1.89. The van der Waals surface area contributed by atoms with Gasteiger partial charge >= 0.3 is 12.1 Å². The van der Waals surface area contributed by atoms with E-state index in [1.807, 2.05) is 0 Å². The Hall–Kier alpha value is -1.33. The lowest BCUT2D eigenvalue weighted by molar-refractivity contribution is -0.169. The van der Waals surface area contributed by atoms with Gasteiger partial charge in [0.2, 0.25) is 0 Å². The number of nitrogens with one attached hydrogen (secondary N) is 1. The van der Waals surface area contributed by atoms with Crippen LogP contribution in [0, 0.1) is 17.2 Å². The number of esters is 1. The van der Waals surface area contributed by atoms with E-state index in [1.54, 1.807) is 6.92 Å². The van der Waals surface area contributed by atoms with Crippen LogP contribution >= 0.6 is 0 Å². The van der Waals surface area contributed by atoms with Crippen molar-refractivity contribution in [2.24, 2.45) is 5.92 Å². The Labute approximate surface area is 109 Å². The van der Waals surface area contributed by atoms with Gasteiger partial charge in [-0.3, -0.25) is 9.69 Å². The van der Waals surface area contributed by atoms with Crippen LogP contribution in [-0.4, -0.2) is 55.9 Å². The molecule has 1 heterocycles. The first-order chi connectivity index (χ1) is 8.90. The smallest absolute Gasteiger partial charge is 0.405 e. The summed E-state index contributed by atoms with van der Waals surface area (Å²) in [6.07, 6.45) is -4.58. The number of alkyl halides is 3. The molecule has 1 saturated heterocycles. The number of nitrogens with zero attached hydrogens (tertiary/aromatic N) is 2. The molecule has 0 radical (unpaired) electrons. The molecule has 1 aliphatic heterocycles. The quantitative estimate of drug-likeness (QED) is 0.760. The second-order valence-corrected chi connectivity index (χ2v) is 4.19. The zero-order valence-corrected chi connectivity index (χ0v) is 10.5. The zero-order chi connectivity index (χ0) is 14.5. The lowest BCUT2D eigenvalue weighted by atomic mass is 10.1. The number of piperazine rings is 1. The van der Waals surface area contributed by atoms with Gasteiger partial charge in [0.1, 0.15) is 6.04 Å². The molecule has 19 heavy (non-hydrogen) atoms. The van der Waals surface area contributed by atoms with Crippen LogP contribution in [-0.2, 0) is 9.53 Å². The number of hydrogen-bond donors (Lipinski definition) is 1. The maximum atomic E-state index is 12.6. The highest BCUT2D eigenvalue weighted by atomic mass is 19.4. The van der Waals surface area contributed by atoms with Crippen molar-refractivity contribution >= 4 is 5.97 Å². The minimum absolute atomic E-state index is 0.171. The number of hydrogen-bond acceptors (Lipinski definition) is 5. The first kappa shape index (κ1) is 15.7. The fourth-order valence-corrected chi connectivity index (χ4v) is 1.89. The largest absolute Gasteiger partial charge is 0.465 e. The minimum atomic E-state index is -4.58. The Balaban J connectivity index is 2.72. The number of nitriles is 1. The number of carbonyl (C=O) groups excluding carboxylic acids is 1. The second kappa shape index (κ2) is 6.73. The predicted molar refractivity (Wildman–Crippen MR) is 60.0 cm³/mol. The zero-order valence-electron chi connectivity index (χ0n) is 10.5. The molecule has 108 valence electrons. The van der Waals surface area contributed by atoms with Gasteiger partial charge in [-0.1, -0.05) is 0 Å². The lowest BCUT2D eigenvalue weighted by Gasteiger charge is -2.35. The van der Waals surface area contributed by atoms with Gasteiger partial charge in [0.25, 0.3) is 0 Å². The molecule has 1 rings (SSSR count). The third-order valence-corrected chi connectivity index (χ3v) is 2.88. The summed E-state index contributed by atoms with van der Waals surface area (Å²) in [5.41, 5.74) is 0. The maximum absolute atomic E-state index is 12.6. The van der Waals surface area contributed by atoms with Crippen molar-refractivity contribution in [1.82, 2.24) is 10.2 Å². The second-order valence-electron chi connectivity index (χ2n) is 4.19. The molecule has 0 spiro atoms. The molecule has 0 amide bonds. The molecule has 0 aromatic heterocycles. The maximum Gasteiger partial charge on any atom is 0.405 e. The SMILES string of the molecule is CCOC(=O)C1CNCCN1CC(C#N)C(F)(F)F. The molecule has 0 aromatic carbocycles. The van der Waals surface area contributed by atoms with E-state index in [-0.39, 0.29) is 19.7 Å². The van der Waals surface area contributed by atoms with Crippen molar-refractivity contribution in [2.45, 2.75) is 19.1 Å². The van der Waals surface area contributed by atoms with Crippen molar-refractivity contribution in [1.29, 1.82) is 5.26 Å². The van der Waals surface area contributed by atoms with Gasteiger partial charge in [-0.15, -0.1) is 0 Å². The van der Waals surface area contributed by atoms with E-state index >= 15 is 0 Å². The first-order valence-corrected chi connectivity index (χ1v) is 5.97. The highest BCUT2D eigenvalue weighted by Gasteiger charge is 2.43. The summed E-state index contributed by atoms with van der Waals surface area (Å²) in [5, 5.41) is 11.5. The number of rotatable bonds is 4. The molecule has 0 bridgehead atoms. The monoisotopic (exact) mass is 279 g/mol. The Morgan fingerprint density at radius 2 is 2.32 bits per heavy atom. The molecule has 2 atom stereocenters. The number of carbonyl (C=O) groups is 1. The van der Waals surface area contributed by atoms with Crippen LogP contribution in [0.2, 0.25) is 0 Å². The average Bonchev–Trinajstić information content (AvgIpc) is 2.35. The van der Waals surface area contributed by atoms with E-state index in [0.717, 1.165) is 0 Å². The Morgan fingerprint density at radius 3 is 2.84 bits per heavy atom. The Bertz CT molecular complexity index is 354. The molecular weight excluding hydrogens is 263 g/mol. The highest BCUT2D eigenvalue weighted by Crippen LogP contribution is 2.27. The normalized spacial score (nSPS) is 22.6. The predicted octanol–water partition coefficient (Wildman–Crippen LogP) is 0.525. The third-order valence-electron chi connectivity index (χ3n) is 2.88. The van der Waals surface area contributed by atoms with Crippen LogP contribution < -0.4 is 5.32 Å². The molecule has 0 aromatic rings. The molecule has 5 nitrogen and oxygen atoms in total. The first-order valence-electron chi connectivity index (χ1n) is 5.97. The standard InChI is InChI=1S/C11H16F3N3O2/c1-2-19-10(18)9-6-16-3-4-17(9)7-8(5-15)11(12,13)14/h8-9,16H,2-4,6-7H2,1H3. The topological polar surface area (TPSA) is 65.4 Å². The molecule has 1 aliphatic rings. The van der Waals surface area contributed by atoms with Crippen LogP contribution in [0.4, 0.5) is 13.2 Å². The molecule has 0 saturated carbocycles. The Morgan fingerprint density at radius 1 is 1.63 bits per heavy atom. The summed E-state index contributed by atoms with van der Waals surface area (Å²) in [6.45, 7) is 2.28. The van der Waals surface area contributed by atoms with Gasteiger partial charge in [-0.25, -0.2) is 0 Å². The minimum Gasteiger partial charge on any atom is -0.465 e. The van der Waals surface area contributed by atoms with Crippen LogP contribution in [0.15, 0.2) is 0 Å². The van der Waals surface area contributed by atoms with Crippen LogP contribution in [0.5, 0.6) is 0 Å². The summed E-state index contributed by atoms with van der Waals surface area (Å²) < 4.78 is 42.5. The molecule has 1 N–H and O–H groups in total. The summed E-state index contributed by atoms with van der Waals surface area (Å²) in [5.74, 6) is -2.66. The van der Waals surface area contributed by atoms with E-state index < -0.39 is 30.7 Å². The molecule has 2 unspecified atom stereocenters. The van der Waals surface area contributed by atoms with Crippen LogP contribution in [0.25, 0.3) is 0 Å². The van der Waals surface area contributed by atoms with Gasteiger partial charge in [-0.05, 0) is 6.92 Å². The van der Waals surface area contributed by atoms with Crippen molar-refractivity contribution in [2.75, 3.05) is 32.8 Å². The van der Waals surface area contributed by atoms with Crippen LogP contribution in [0.1, 0.15) is 6.92 Å². The molecule has 1 fully saturated rings. The van der Waals surface area contributed by atoms with Gasteiger partial charge in [-0.2, -0.15) is 18.4 Å². The van der Waals surface area contributed by atoms with E-state index in [0.29, 0.717) is 6.54 Å². The third kappa shape index (κ3) is 4.36. The lowest BCUT2D eigenvalue weighted by Crippen LogP contribution is -2.57. The summed E-state index contributed by atoms with van der Waals surface area (Å²) in [7, 11) is 0. The van der Waals surface area contributed by atoms with Gasteiger partial charge in [0.05, 0.1) is 12.7 Å². The fraction of sp³-hybridized carbons (Fsp3) is 0.818. The van der Waals surface area contributed by atoms with Crippen molar-refractivity contribution in [3.8, 4) is 6.07 Å². The highest BCUT2D eigenvalue weighted by molar-refractivity contribution is 5.76. The summed E-state index contributed by atoms with van der Waals surface area (Å²) in [4.78, 5) is 13.0. The van der Waals surface area contributed by atoms with E-state index in [2.05, 4.69) is 5.32 Å². The molecule has 0 aliphatic carbocycles. The molecular formula is C11H16F3N3O2. The summed E-state index contributed by atoms with van der Waals surface area (Å²) in [6, 6.07) is 0.470. The summed E-state index contributed by atoms with van der Waals surface area (Å²) >= 11 is 0. The van der Waals surface area contributed by atoms with E-state index in [4.69, 9.17) is 10.00 Å².